The van der Waals surface area contributed by atoms with E-state index in [4.69, 9.17) is 9.97 Å². The van der Waals surface area contributed by atoms with Crippen molar-refractivity contribution in [3.05, 3.63) is 170 Å². The molecule has 0 bridgehead atoms. The summed E-state index contributed by atoms with van der Waals surface area (Å²) in [6.45, 7) is 0. The molecule has 12 rings (SSSR count). The average Bonchev–Trinajstić information content (AvgIpc) is 3.84. The van der Waals surface area contributed by atoms with Crippen molar-refractivity contribution in [2.24, 2.45) is 0 Å². The van der Waals surface area contributed by atoms with E-state index in [1.165, 1.54) is 70.7 Å². The zero-order valence-electron chi connectivity index (χ0n) is 28.0. The normalized spacial score (nSPS) is 12.2. The van der Waals surface area contributed by atoms with Crippen LogP contribution in [0.5, 0.6) is 0 Å². The second-order valence-electron chi connectivity index (χ2n) is 13.8. The van der Waals surface area contributed by atoms with E-state index >= 15 is 0 Å². The van der Waals surface area contributed by atoms with Crippen LogP contribution in [0.15, 0.2) is 170 Å². The van der Waals surface area contributed by atoms with Gasteiger partial charge in [0.1, 0.15) is 5.82 Å². The molecular weight excluding hydrogens is 633 g/mol. The van der Waals surface area contributed by atoms with E-state index in [0.29, 0.717) is 5.82 Å². The van der Waals surface area contributed by atoms with Crippen molar-refractivity contribution < 1.29 is 0 Å². The molecule has 4 aromatic heterocycles. The Morgan fingerprint density at radius 2 is 1.00 bits per heavy atom. The molecular formula is C48H28N4. The van der Waals surface area contributed by atoms with Gasteiger partial charge in [-0.3, -0.25) is 4.57 Å². The fourth-order valence-electron chi connectivity index (χ4n) is 8.74. The maximum absolute atomic E-state index is 5.51. The number of benzene rings is 8. The van der Waals surface area contributed by atoms with Crippen LogP contribution in [0.4, 0.5) is 0 Å². The Morgan fingerprint density at radius 3 is 1.85 bits per heavy atom. The van der Waals surface area contributed by atoms with Gasteiger partial charge in [0.15, 0.2) is 5.82 Å². The molecule has 0 saturated heterocycles. The summed E-state index contributed by atoms with van der Waals surface area (Å²) in [4.78, 5) is 10.7. The third-order valence-corrected chi connectivity index (χ3v) is 11.0. The number of para-hydroxylation sites is 3. The van der Waals surface area contributed by atoms with E-state index in [-0.39, 0.29) is 0 Å². The molecule has 12 aromatic rings. The third-order valence-electron chi connectivity index (χ3n) is 11.0. The minimum Gasteiger partial charge on any atom is -0.308 e. The van der Waals surface area contributed by atoms with Gasteiger partial charge in [-0.15, -0.1) is 0 Å². The molecule has 52 heavy (non-hydrogen) atoms. The van der Waals surface area contributed by atoms with Crippen LogP contribution < -0.4 is 0 Å². The summed E-state index contributed by atoms with van der Waals surface area (Å²) in [6, 6.07) is 61.0. The van der Waals surface area contributed by atoms with Gasteiger partial charge in [0.25, 0.3) is 0 Å². The minimum atomic E-state index is 0.704. The number of hydrogen-bond acceptors (Lipinski definition) is 2. The van der Waals surface area contributed by atoms with Gasteiger partial charge in [-0.2, -0.15) is 0 Å². The Kier molecular flexibility index (Phi) is 5.47. The number of rotatable bonds is 3. The summed E-state index contributed by atoms with van der Waals surface area (Å²) in [7, 11) is 0. The van der Waals surface area contributed by atoms with Crippen molar-refractivity contribution in [2.75, 3.05) is 0 Å². The highest BCUT2D eigenvalue weighted by molar-refractivity contribution is 6.35. The largest absolute Gasteiger partial charge is 0.308 e. The molecule has 0 radical (unpaired) electrons. The van der Waals surface area contributed by atoms with E-state index in [1.807, 2.05) is 0 Å². The lowest BCUT2D eigenvalue weighted by Crippen LogP contribution is -2.03. The number of hydrogen-bond donors (Lipinski definition) is 0. The molecule has 0 amide bonds. The molecule has 0 spiro atoms. The Morgan fingerprint density at radius 1 is 0.365 bits per heavy atom. The first kappa shape index (κ1) is 27.7. The van der Waals surface area contributed by atoms with Crippen LogP contribution in [0.25, 0.3) is 110 Å². The summed E-state index contributed by atoms with van der Waals surface area (Å²) < 4.78 is 4.90. The van der Waals surface area contributed by atoms with E-state index in [2.05, 4.69) is 179 Å². The molecule has 0 N–H and O–H groups in total. The molecule has 4 heterocycles. The molecule has 0 aliphatic heterocycles. The van der Waals surface area contributed by atoms with Gasteiger partial charge in [-0.05, 0) is 70.4 Å². The Hall–Kier alpha value is -7.04. The number of nitrogens with zero attached hydrogens (tertiary/aromatic N) is 4. The van der Waals surface area contributed by atoms with Crippen LogP contribution in [0, 0.1) is 0 Å². The zero-order valence-corrected chi connectivity index (χ0v) is 28.0. The second-order valence-corrected chi connectivity index (χ2v) is 13.8. The summed E-state index contributed by atoms with van der Waals surface area (Å²) in [6.07, 6.45) is 0. The summed E-state index contributed by atoms with van der Waals surface area (Å²) in [5.41, 5.74) is 10.2. The lowest BCUT2D eigenvalue weighted by Gasteiger charge is -2.14. The van der Waals surface area contributed by atoms with Gasteiger partial charge in [0.05, 0.1) is 33.1 Å². The fourth-order valence-corrected chi connectivity index (χ4v) is 8.74. The molecule has 240 valence electrons. The molecule has 0 aliphatic rings. The van der Waals surface area contributed by atoms with Crippen molar-refractivity contribution in [3.8, 4) is 28.3 Å². The Labute approximate surface area is 297 Å². The van der Waals surface area contributed by atoms with Crippen LogP contribution in [0.1, 0.15) is 0 Å². The highest BCUT2D eigenvalue weighted by Gasteiger charge is 2.26. The second kappa shape index (κ2) is 10.3. The van der Waals surface area contributed by atoms with Gasteiger partial charge in [0, 0.05) is 43.3 Å². The fraction of sp³-hybridized carbons (Fsp3) is 0. The molecule has 0 saturated carbocycles. The average molecular weight is 661 g/mol. The summed E-state index contributed by atoms with van der Waals surface area (Å²) in [5, 5.41) is 10.9. The minimum absolute atomic E-state index is 0.704. The van der Waals surface area contributed by atoms with E-state index in [0.717, 1.165) is 33.4 Å². The zero-order chi connectivity index (χ0) is 33.9. The molecule has 4 heteroatoms. The molecule has 0 atom stereocenters. The van der Waals surface area contributed by atoms with Gasteiger partial charge in [-0.25, -0.2) is 9.97 Å². The highest BCUT2D eigenvalue weighted by Crippen LogP contribution is 2.47. The Balaban J connectivity index is 1.27. The van der Waals surface area contributed by atoms with Crippen molar-refractivity contribution in [2.45, 2.75) is 0 Å². The molecule has 8 aromatic carbocycles. The van der Waals surface area contributed by atoms with Gasteiger partial charge < -0.3 is 4.40 Å². The number of fused-ring (bicyclic) bond motifs is 12. The smallest absolute Gasteiger partial charge is 0.162 e. The SMILES string of the molecule is c1ccc(-c2cccc(-c3nc(-n4c5ccccc5c5cc6c7ccccc7n7c8cc9ccccc9cc8c(c54)c67)c4ccccc4n3)c2)cc1. The highest BCUT2D eigenvalue weighted by atomic mass is 15.1. The maximum atomic E-state index is 5.51. The van der Waals surface area contributed by atoms with Crippen molar-refractivity contribution in [3.63, 3.8) is 0 Å². The quantitative estimate of drug-likeness (QED) is 0.189. The molecule has 0 aliphatic carbocycles. The van der Waals surface area contributed by atoms with Crippen LogP contribution in [-0.2, 0) is 0 Å². The first-order valence-corrected chi connectivity index (χ1v) is 17.8. The molecule has 4 nitrogen and oxygen atoms in total. The molecule has 0 fully saturated rings. The van der Waals surface area contributed by atoms with E-state index < -0.39 is 0 Å². The van der Waals surface area contributed by atoms with Crippen LogP contribution in [-0.4, -0.2) is 18.9 Å². The first-order chi connectivity index (χ1) is 25.8. The van der Waals surface area contributed by atoms with Crippen LogP contribution in [0.2, 0.25) is 0 Å². The van der Waals surface area contributed by atoms with Crippen molar-refractivity contribution in [1.29, 1.82) is 0 Å². The van der Waals surface area contributed by atoms with Crippen molar-refractivity contribution in [1.82, 2.24) is 18.9 Å². The predicted octanol–water partition coefficient (Wildman–Crippen LogP) is 12.4. The topological polar surface area (TPSA) is 35.1 Å². The lowest BCUT2D eigenvalue weighted by atomic mass is 10.0. The van der Waals surface area contributed by atoms with E-state index in [9.17, 15) is 0 Å². The summed E-state index contributed by atoms with van der Waals surface area (Å²) in [5.74, 6) is 1.58. The lowest BCUT2D eigenvalue weighted by molar-refractivity contribution is 1.08. The van der Waals surface area contributed by atoms with Crippen LogP contribution >= 0.6 is 0 Å². The molecule has 0 unspecified atom stereocenters. The van der Waals surface area contributed by atoms with Crippen molar-refractivity contribution >= 4 is 81.6 Å². The summed E-state index contributed by atoms with van der Waals surface area (Å²) >= 11 is 0. The standard InChI is InChI=1S/C48H28N4/c1-2-13-29(14-3-1)30-17-12-18-33(25-30)47-49-40-22-9-6-21-36(40)48(50-47)52-42-24-11-8-20-35(42)38-28-37-34-19-7-10-23-41(34)51-43-27-32-16-5-4-15-31(32)26-39(43)44(45(37)51)46(38)52/h1-28H. The monoisotopic (exact) mass is 660 g/mol. The van der Waals surface area contributed by atoms with Gasteiger partial charge >= 0.3 is 0 Å². The first-order valence-electron chi connectivity index (χ1n) is 17.8. The van der Waals surface area contributed by atoms with Gasteiger partial charge in [0.2, 0.25) is 0 Å². The van der Waals surface area contributed by atoms with Gasteiger partial charge in [-0.1, -0.05) is 121 Å². The van der Waals surface area contributed by atoms with E-state index in [1.54, 1.807) is 0 Å². The third kappa shape index (κ3) is 3.70. The Bertz CT molecular complexity index is 3410. The number of aromatic nitrogens is 4. The van der Waals surface area contributed by atoms with Crippen LogP contribution in [0.3, 0.4) is 0 Å². The predicted molar refractivity (Wildman–Crippen MR) is 217 cm³/mol. The maximum Gasteiger partial charge on any atom is 0.162 e.